The third-order valence-electron chi connectivity index (χ3n) is 3.68. The summed E-state index contributed by atoms with van der Waals surface area (Å²) in [5.41, 5.74) is 6.77. The lowest BCUT2D eigenvalue weighted by Crippen LogP contribution is -2.50. The highest BCUT2D eigenvalue weighted by Crippen LogP contribution is 2.20. The summed E-state index contributed by atoms with van der Waals surface area (Å²) >= 11 is 5.90. The highest BCUT2D eigenvalue weighted by molar-refractivity contribution is 6.30. The zero-order chi connectivity index (χ0) is 13.8. The van der Waals surface area contributed by atoms with E-state index in [1.54, 1.807) is 12.1 Å². The molecule has 5 heteroatoms. The summed E-state index contributed by atoms with van der Waals surface area (Å²) in [5, 5.41) is 3.49. The number of benzene rings is 1. The molecule has 3 N–H and O–H groups in total. The standard InChI is InChI=1S/C14H20ClN3O/c1-2-10-9-18(7-6-13(10)16)14(19)17-12-5-3-4-11(15)8-12/h3-5,8,10,13H,2,6-7,9,16H2,1H3,(H,17,19). The van der Waals surface area contributed by atoms with Crippen LogP contribution in [-0.4, -0.2) is 30.1 Å². The minimum absolute atomic E-state index is 0.0763. The van der Waals surface area contributed by atoms with Gasteiger partial charge in [0.1, 0.15) is 0 Å². The molecule has 2 rings (SSSR count). The van der Waals surface area contributed by atoms with Crippen LogP contribution in [-0.2, 0) is 0 Å². The molecule has 0 aliphatic carbocycles. The van der Waals surface area contributed by atoms with Crippen molar-refractivity contribution in [1.82, 2.24) is 4.90 Å². The fourth-order valence-corrected chi connectivity index (χ4v) is 2.63. The fourth-order valence-electron chi connectivity index (χ4n) is 2.44. The van der Waals surface area contributed by atoms with Crippen molar-refractivity contribution in [2.24, 2.45) is 11.7 Å². The lowest BCUT2D eigenvalue weighted by Gasteiger charge is -2.36. The molecule has 0 bridgehead atoms. The first-order valence-electron chi connectivity index (χ1n) is 6.67. The molecule has 2 unspecified atom stereocenters. The number of piperidine rings is 1. The molecule has 2 atom stereocenters. The SMILES string of the molecule is CCC1CN(C(=O)Nc2cccc(Cl)c2)CCC1N. The van der Waals surface area contributed by atoms with Crippen molar-refractivity contribution < 1.29 is 4.79 Å². The van der Waals surface area contributed by atoms with Crippen molar-refractivity contribution in [3.05, 3.63) is 29.3 Å². The van der Waals surface area contributed by atoms with Gasteiger partial charge in [0, 0.05) is 29.8 Å². The van der Waals surface area contributed by atoms with Gasteiger partial charge in [-0.25, -0.2) is 4.79 Å². The van der Waals surface area contributed by atoms with E-state index in [1.807, 2.05) is 17.0 Å². The van der Waals surface area contributed by atoms with E-state index in [0.29, 0.717) is 17.5 Å². The Morgan fingerprint density at radius 3 is 3.05 bits per heavy atom. The minimum atomic E-state index is -0.0763. The highest BCUT2D eigenvalue weighted by Gasteiger charge is 2.27. The minimum Gasteiger partial charge on any atom is -0.327 e. The number of rotatable bonds is 2. The maximum Gasteiger partial charge on any atom is 0.321 e. The number of halogens is 1. The first kappa shape index (κ1) is 14.2. The van der Waals surface area contributed by atoms with Crippen molar-refractivity contribution in [1.29, 1.82) is 0 Å². The van der Waals surface area contributed by atoms with Crippen molar-refractivity contribution in [3.63, 3.8) is 0 Å². The number of nitrogens with one attached hydrogen (secondary N) is 1. The summed E-state index contributed by atoms with van der Waals surface area (Å²) in [7, 11) is 0. The van der Waals surface area contributed by atoms with Gasteiger partial charge >= 0.3 is 6.03 Å². The number of amides is 2. The summed E-state index contributed by atoms with van der Waals surface area (Å²) in [6, 6.07) is 7.31. The zero-order valence-corrected chi connectivity index (χ0v) is 11.9. The van der Waals surface area contributed by atoms with Gasteiger partial charge in [-0.2, -0.15) is 0 Å². The molecular weight excluding hydrogens is 262 g/mol. The summed E-state index contributed by atoms with van der Waals surface area (Å²) in [6.07, 6.45) is 1.86. The van der Waals surface area contributed by atoms with E-state index < -0.39 is 0 Å². The van der Waals surface area contributed by atoms with Crippen molar-refractivity contribution >= 4 is 23.3 Å². The maximum atomic E-state index is 12.2. The van der Waals surface area contributed by atoms with Gasteiger partial charge in [0.25, 0.3) is 0 Å². The van der Waals surface area contributed by atoms with Gasteiger partial charge in [0.05, 0.1) is 0 Å². The van der Waals surface area contributed by atoms with Crippen LogP contribution in [0.4, 0.5) is 10.5 Å². The lowest BCUT2D eigenvalue weighted by atomic mass is 9.91. The average Bonchev–Trinajstić information content (AvgIpc) is 2.39. The summed E-state index contributed by atoms with van der Waals surface area (Å²) in [5.74, 6) is 0.388. The molecule has 1 aliphatic rings. The van der Waals surface area contributed by atoms with Crippen LogP contribution in [0.25, 0.3) is 0 Å². The maximum absolute atomic E-state index is 12.2. The van der Waals surface area contributed by atoms with Crippen LogP contribution < -0.4 is 11.1 Å². The number of urea groups is 1. The highest BCUT2D eigenvalue weighted by atomic mass is 35.5. The Morgan fingerprint density at radius 2 is 2.37 bits per heavy atom. The molecule has 1 aliphatic heterocycles. The molecule has 104 valence electrons. The number of hydrogen-bond acceptors (Lipinski definition) is 2. The Morgan fingerprint density at radius 1 is 1.58 bits per heavy atom. The molecule has 2 amide bonds. The molecule has 0 spiro atoms. The Kier molecular flexibility index (Phi) is 4.66. The normalized spacial score (nSPS) is 23.2. The van der Waals surface area contributed by atoms with Crippen LogP contribution in [0.15, 0.2) is 24.3 Å². The number of likely N-dealkylation sites (tertiary alicyclic amines) is 1. The van der Waals surface area contributed by atoms with Crippen LogP contribution in [0.3, 0.4) is 0 Å². The van der Waals surface area contributed by atoms with Gasteiger partial charge in [-0.3, -0.25) is 0 Å². The number of carbonyl (C=O) groups is 1. The van der Waals surface area contributed by atoms with Crippen molar-refractivity contribution in [3.8, 4) is 0 Å². The molecule has 0 radical (unpaired) electrons. The molecule has 4 nitrogen and oxygen atoms in total. The smallest absolute Gasteiger partial charge is 0.321 e. The largest absolute Gasteiger partial charge is 0.327 e. The van der Waals surface area contributed by atoms with Crippen LogP contribution in [0.1, 0.15) is 19.8 Å². The number of hydrogen-bond donors (Lipinski definition) is 2. The van der Waals surface area contributed by atoms with E-state index in [-0.39, 0.29) is 12.1 Å². The molecule has 19 heavy (non-hydrogen) atoms. The predicted molar refractivity (Wildman–Crippen MR) is 78.4 cm³/mol. The second kappa shape index (κ2) is 6.26. The van der Waals surface area contributed by atoms with E-state index in [1.165, 1.54) is 0 Å². The van der Waals surface area contributed by atoms with E-state index >= 15 is 0 Å². The quantitative estimate of drug-likeness (QED) is 0.876. The average molecular weight is 282 g/mol. The van der Waals surface area contributed by atoms with Crippen LogP contribution in [0.5, 0.6) is 0 Å². The van der Waals surface area contributed by atoms with Crippen LogP contribution >= 0.6 is 11.6 Å². The predicted octanol–water partition coefficient (Wildman–Crippen LogP) is 2.93. The van der Waals surface area contributed by atoms with Crippen molar-refractivity contribution in [2.75, 3.05) is 18.4 Å². The van der Waals surface area contributed by atoms with Gasteiger partial charge in [-0.05, 0) is 30.5 Å². The topological polar surface area (TPSA) is 58.4 Å². The lowest BCUT2D eigenvalue weighted by molar-refractivity contribution is 0.164. The van der Waals surface area contributed by atoms with E-state index in [0.717, 1.165) is 25.1 Å². The second-order valence-electron chi connectivity index (χ2n) is 5.01. The summed E-state index contributed by atoms with van der Waals surface area (Å²) in [6.45, 7) is 3.55. The van der Waals surface area contributed by atoms with E-state index in [2.05, 4.69) is 12.2 Å². The first-order valence-corrected chi connectivity index (χ1v) is 7.05. The molecule has 1 saturated heterocycles. The van der Waals surface area contributed by atoms with Crippen LogP contribution in [0.2, 0.25) is 5.02 Å². The van der Waals surface area contributed by atoms with Gasteiger partial charge in [-0.15, -0.1) is 0 Å². The third kappa shape index (κ3) is 3.61. The number of anilines is 1. The van der Waals surface area contributed by atoms with Gasteiger partial charge < -0.3 is 16.0 Å². The Labute approximate surface area is 118 Å². The number of nitrogens with zero attached hydrogens (tertiary/aromatic N) is 1. The molecule has 1 aromatic rings. The molecular formula is C14H20ClN3O. The molecule has 0 saturated carbocycles. The monoisotopic (exact) mass is 281 g/mol. The van der Waals surface area contributed by atoms with Crippen molar-refractivity contribution in [2.45, 2.75) is 25.8 Å². The zero-order valence-electron chi connectivity index (χ0n) is 11.1. The van der Waals surface area contributed by atoms with E-state index in [4.69, 9.17) is 17.3 Å². The van der Waals surface area contributed by atoms with E-state index in [9.17, 15) is 4.79 Å². The first-order chi connectivity index (χ1) is 9.10. The summed E-state index contributed by atoms with van der Waals surface area (Å²) < 4.78 is 0. The number of carbonyl (C=O) groups excluding carboxylic acids is 1. The second-order valence-corrected chi connectivity index (χ2v) is 5.44. The Balaban J connectivity index is 1.97. The third-order valence-corrected chi connectivity index (χ3v) is 3.92. The molecule has 1 aromatic carbocycles. The van der Waals surface area contributed by atoms with Gasteiger partial charge in [-0.1, -0.05) is 31.0 Å². The fraction of sp³-hybridized carbons (Fsp3) is 0.500. The van der Waals surface area contributed by atoms with Gasteiger partial charge in [0.2, 0.25) is 0 Å². The molecule has 1 fully saturated rings. The molecule has 0 aromatic heterocycles. The Bertz CT molecular complexity index is 452. The summed E-state index contributed by atoms with van der Waals surface area (Å²) in [4.78, 5) is 14.0. The molecule has 1 heterocycles. The van der Waals surface area contributed by atoms with Gasteiger partial charge in [0.15, 0.2) is 0 Å². The van der Waals surface area contributed by atoms with Crippen LogP contribution in [0, 0.1) is 5.92 Å². The Hall–Kier alpha value is -1.26. The number of nitrogens with two attached hydrogens (primary N) is 1.